The summed E-state index contributed by atoms with van der Waals surface area (Å²) in [5.41, 5.74) is 2.38. The number of halogens is 1. The van der Waals surface area contributed by atoms with Gasteiger partial charge in [-0.05, 0) is 55.3 Å². The maximum absolute atomic E-state index is 13.6. The van der Waals surface area contributed by atoms with E-state index in [1.54, 1.807) is 32.0 Å². The Labute approximate surface area is 155 Å². The fourth-order valence-electron chi connectivity index (χ4n) is 3.20. The molecule has 27 heavy (non-hydrogen) atoms. The lowest BCUT2D eigenvalue weighted by Crippen LogP contribution is -2.32. The number of amides is 1. The van der Waals surface area contributed by atoms with E-state index in [4.69, 9.17) is 14.6 Å². The summed E-state index contributed by atoms with van der Waals surface area (Å²) in [5.74, 6) is -0.732. The Bertz CT molecular complexity index is 873. The van der Waals surface area contributed by atoms with E-state index in [0.717, 1.165) is 0 Å². The number of hydrogen-bond donors (Lipinski definition) is 2. The molecule has 2 aromatic carbocycles. The number of carboxylic acid groups (broad SMARTS) is 1. The molecule has 1 aliphatic heterocycles. The molecule has 1 unspecified atom stereocenters. The van der Waals surface area contributed by atoms with Crippen LogP contribution >= 0.6 is 0 Å². The first-order valence-corrected chi connectivity index (χ1v) is 8.54. The number of ether oxygens (including phenoxy) is 2. The van der Waals surface area contributed by atoms with Crippen LogP contribution in [0.4, 0.5) is 4.39 Å². The van der Waals surface area contributed by atoms with Crippen LogP contribution in [0.5, 0.6) is 11.5 Å². The van der Waals surface area contributed by atoms with Crippen molar-refractivity contribution in [3.8, 4) is 11.5 Å². The predicted molar refractivity (Wildman–Crippen MR) is 95.8 cm³/mol. The lowest BCUT2D eigenvalue weighted by molar-refractivity contribution is -0.139. The van der Waals surface area contributed by atoms with Crippen molar-refractivity contribution in [3.63, 3.8) is 0 Å². The van der Waals surface area contributed by atoms with Crippen LogP contribution in [0.2, 0.25) is 0 Å². The molecule has 0 aromatic heterocycles. The van der Waals surface area contributed by atoms with Crippen molar-refractivity contribution in [2.45, 2.75) is 26.3 Å². The molecule has 6 nitrogen and oxygen atoms in total. The van der Waals surface area contributed by atoms with Crippen LogP contribution < -0.4 is 14.8 Å². The number of aryl methyl sites for hydroxylation is 2. The lowest BCUT2D eigenvalue weighted by Gasteiger charge is -2.27. The third-order valence-electron chi connectivity index (χ3n) is 4.38. The molecule has 0 saturated heterocycles. The zero-order valence-corrected chi connectivity index (χ0v) is 15.0. The van der Waals surface area contributed by atoms with Gasteiger partial charge in [0.2, 0.25) is 0 Å². The third kappa shape index (κ3) is 4.19. The quantitative estimate of drug-likeness (QED) is 0.841. The molecule has 1 heterocycles. The van der Waals surface area contributed by atoms with Crippen molar-refractivity contribution < 1.29 is 28.6 Å². The molecule has 0 fully saturated rings. The van der Waals surface area contributed by atoms with E-state index >= 15 is 0 Å². The maximum Gasteiger partial charge on any atom is 0.341 e. The van der Waals surface area contributed by atoms with Crippen LogP contribution in [0.3, 0.4) is 0 Å². The van der Waals surface area contributed by atoms with E-state index < -0.39 is 12.6 Å². The Morgan fingerprint density at radius 2 is 1.96 bits per heavy atom. The largest absolute Gasteiger partial charge is 0.493 e. The second-order valence-electron chi connectivity index (χ2n) is 6.47. The van der Waals surface area contributed by atoms with Crippen molar-refractivity contribution in [3.05, 3.63) is 58.4 Å². The molecule has 7 heteroatoms. The van der Waals surface area contributed by atoms with Crippen molar-refractivity contribution in [2.75, 3.05) is 13.2 Å². The van der Waals surface area contributed by atoms with Crippen LogP contribution in [-0.2, 0) is 4.79 Å². The molecule has 0 spiro atoms. The van der Waals surface area contributed by atoms with Crippen molar-refractivity contribution in [1.82, 2.24) is 5.32 Å². The van der Waals surface area contributed by atoms with Gasteiger partial charge in [-0.1, -0.05) is 0 Å². The Morgan fingerprint density at radius 3 is 2.63 bits per heavy atom. The number of benzene rings is 2. The summed E-state index contributed by atoms with van der Waals surface area (Å²) in [4.78, 5) is 23.4. The average molecular weight is 373 g/mol. The van der Waals surface area contributed by atoms with Crippen LogP contribution in [-0.4, -0.2) is 30.2 Å². The van der Waals surface area contributed by atoms with E-state index in [0.29, 0.717) is 46.8 Å². The van der Waals surface area contributed by atoms with E-state index in [9.17, 15) is 14.0 Å². The second-order valence-corrected chi connectivity index (χ2v) is 6.47. The fourth-order valence-corrected chi connectivity index (χ4v) is 3.20. The lowest BCUT2D eigenvalue weighted by atomic mass is 9.99. The second kappa shape index (κ2) is 7.65. The number of carboxylic acids is 1. The van der Waals surface area contributed by atoms with Gasteiger partial charge in [0.05, 0.1) is 12.6 Å². The average Bonchev–Trinajstić information content (AvgIpc) is 2.61. The molecule has 1 atom stereocenters. The van der Waals surface area contributed by atoms with Gasteiger partial charge in [-0.3, -0.25) is 4.79 Å². The smallest absolute Gasteiger partial charge is 0.341 e. The zero-order chi connectivity index (χ0) is 19.6. The predicted octanol–water partition coefficient (Wildman–Crippen LogP) is 3.16. The minimum Gasteiger partial charge on any atom is -0.493 e. The van der Waals surface area contributed by atoms with Crippen LogP contribution in [0, 0.1) is 19.7 Å². The minimum atomic E-state index is -1.07. The van der Waals surface area contributed by atoms with Crippen molar-refractivity contribution in [2.24, 2.45) is 0 Å². The minimum absolute atomic E-state index is 0.298. The first-order chi connectivity index (χ1) is 12.8. The fraction of sp³-hybridized carbons (Fsp3) is 0.300. The van der Waals surface area contributed by atoms with Gasteiger partial charge in [0, 0.05) is 17.5 Å². The molecule has 0 radical (unpaired) electrons. The molecule has 1 amide bonds. The molecule has 2 N–H and O–H groups in total. The first kappa shape index (κ1) is 18.7. The number of fused-ring (bicyclic) bond motifs is 1. The molecule has 3 rings (SSSR count). The Balaban J connectivity index is 1.80. The summed E-state index contributed by atoms with van der Waals surface area (Å²) < 4.78 is 24.4. The topological polar surface area (TPSA) is 84.9 Å². The van der Waals surface area contributed by atoms with Crippen molar-refractivity contribution in [1.29, 1.82) is 0 Å². The summed E-state index contributed by atoms with van der Waals surface area (Å²) in [6.45, 7) is 3.49. The molecular weight excluding hydrogens is 353 g/mol. The van der Waals surface area contributed by atoms with Gasteiger partial charge >= 0.3 is 5.97 Å². The van der Waals surface area contributed by atoms with Gasteiger partial charge in [0.1, 0.15) is 17.3 Å². The number of carbonyl (C=O) groups excluding carboxylic acids is 1. The summed E-state index contributed by atoms with van der Waals surface area (Å²) >= 11 is 0. The van der Waals surface area contributed by atoms with Gasteiger partial charge in [-0.15, -0.1) is 0 Å². The van der Waals surface area contributed by atoms with Crippen LogP contribution in [0.25, 0.3) is 0 Å². The molecule has 2 aromatic rings. The summed E-state index contributed by atoms with van der Waals surface area (Å²) in [6, 6.07) is 7.20. The van der Waals surface area contributed by atoms with Gasteiger partial charge < -0.3 is 19.9 Å². The maximum atomic E-state index is 13.6. The highest BCUT2D eigenvalue weighted by Crippen LogP contribution is 2.33. The Morgan fingerprint density at radius 1 is 1.26 bits per heavy atom. The zero-order valence-electron chi connectivity index (χ0n) is 15.0. The van der Waals surface area contributed by atoms with E-state index in [1.807, 2.05) is 0 Å². The Kier molecular flexibility index (Phi) is 5.30. The van der Waals surface area contributed by atoms with Gasteiger partial charge in [0.15, 0.2) is 6.61 Å². The first-order valence-electron chi connectivity index (χ1n) is 8.54. The monoisotopic (exact) mass is 373 g/mol. The van der Waals surface area contributed by atoms with Gasteiger partial charge in [-0.2, -0.15) is 0 Å². The molecular formula is C20H20FNO5. The highest BCUT2D eigenvalue weighted by molar-refractivity contribution is 5.95. The number of aliphatic carboxylic acids is 1. The molecule has 142 valence electrons. The molecule has 0 aliphatic carbocycles. The standard InChI is InChI=1S/C20H20FNO5/c1-11-7-13(8-12(2)19(11)27-10-18(23)24)20(25)22-16-5-6-26-17-4-3-14(21)9-15(16)17/h3-4,7-9,16H,5-6,10H2,1-2H3,(H,22,25)(H,23,24). The van der Waals surface area contributed by atoms with Crippen LogP contribution in [0.1, 0.15) is 39.5 Å². The highest BCUT2D eigenvalue weighted by atomic mass is 19.1. The van der Waals surface area contributed by atoms with E-state index in [-0.39, 0.29) is 17.8 Å². The van der Waals surface area contributed by atoms with E-state index in [2.05, 4.69) is 5.32 Å². The SMILES string of the molecule is Cc1cc(C(=O)NC2CCOc3ccc(F)cc32)cc(C)c1OCC(=O)O. The number of rotatable bonds is 5. The summed E-state index contributed by atoms with van der Waals surface area (Å²) in [5, 5.41) is 11.7. The summed E-state index contributed by atoms with van der Waals surface area (Å²) in [6.07, 6.45) is 0.542. The number of nitrogens with one attached hydrogen (secondary N) is 1. The number of carbonyl (C=O) groups is 2. The molecule has 1 aliphatic rings. The molecule has 0 bridgehead atoms. The van der Waals surface area contributed by atoms with Gasteiger partial charge in [0.25, 0.3) is 5.91 Å². The molecule has 0 saturated carbocycles. The van der Waals surface area contributed by atoms with Crippen molar-refractivity contribution >= 4 is 11.9 Å². The Hall–Kier alpha value is -3.09. The van der Waals surface area contributed by atoms with Crippen LogP contribution in [0.15, 0.2) is 30.3 Å². The number of hydrogen-bond acceptors (Lipinski definition) is 4. The third-order valence-corrected chi connectivity index (χ3v) is 4.38. The highest BCUT2D eigenvalue weighted by Gasteiger charge is 2.24. The van der Waals surface area contributed by atoms with Gasteiger partial charge in [-0.25, -0.2) is 9.18 Å². The summed E-state index contributed by atoms with van der Waals surface area (Å²) in [7, 11) is 0. The van der Waals surface area contributed by atoms with E-state index in [1.165, 1.54) is 12.1 Å². The normalized spacial score (nSPS) is 15.4.